The first kappa shape index (κ1) is 12.9. The van der Waals surface area contributed by atoms with E-state index in [0.717, 1.165) is 19.5 Å². The molecule has 0 spiro atoms. The number of nitrogens with zero attached hydrogens (tertiary/aromatic N) is 3. The van der Waals surface area contributed by atoms with Gasteiger partial charge in [0.05, 0.1) is 6.54 Å². The first-order valence-electron chi connectivity index (χ1n) is 7.23. The van der Waals surface area contributed by atoms with E-state index in [1.54, 1.807) is 0 Å². The zero-order valence-corrected chi connectivity index (χ0v) is 11.9. The van der Waals surface area contributed by atoms with E-state index >= 15 is 0 Å². The van der Waals surface area contributed by atoms with E-state index < -0.39 is 5.97 Å². The zero-order chi connectivity index (χ0) is 15.1. The summed E-state index contributed by atoms with van der Waals surface area (Å²) >= 11 is 0. The van der Waals surface area contributed by atoms with Crippen molar-refractivity contribution in [1.29, 1.82) is 0 Å². The molecule has 1 aliphatic rings. The number of benzene rings is 1. The van der Waals surface area contributed by atoms with Gasteiger partial charge in [-0.15, -0.1) is 0 Å². The van der Waals surface area contributed by atoms with E-state index in [0.29, 0.717) is 12.6 Å². The van der Waals surface area contributed by atoms with Crippen LogP contribution >= 0.6 is 0 Å². The van der Waals surface area contributed by atoms with Gasteiger partial charge in [0, 0.05) is 24.3 Å². The molecular formula is C16H15N3O3. The highest BCUT2D eigenvalue weighted by molar-refractivity contribution is 5.85. The van der Waals surface area contributed by atoms with Crippen LogP contribution in [0.1, 0.15) is 22.6 Å². The van der Waals surface area contributed by atoms with Gasteiger partial charge in [-0.3, -0.25) is 0 Å². The van der Waals surface area contributed by atoms with Crippen LogP contribution in [0.4, 0.5) is 6.01 Å². The van der Waals surface area contributed by atoms with Crippen molar-refractivity contribution in [3.05, 3.63) is 48.0 Å². The molecule has 112 valence electrons. The standard InChI is InChI=1S/C16H15N3O3/c20-15(21)13-10-22-16(17-13)18-6-3-7-19-12(9-18)8-11-4-1-2-5-14(11)19/h1-2,4-5,8,10H,3,6-7,9H2,(H,20,21). The minimum atomic E-state index is -1.07. The summed E-state index contributed by atoms with van der Waals surface area (Å²) in [5, 5.41) is 10.2. The van der Waals surface area contributed by atoms with Crippen molar-refractivity contribution in [1.82, 2.24) is 9.55 Å². The maximum atomic E-state index is 10.9. The van der Waals surface area contributed by atoms with Gasteiger partial charge in [0.25, 0.3) is 6.01 Å². The van der Waals surface area contributed by atoms with E-state index in [1.165, 1.54) is 22.9 Å². The third-order valence-electron chi connectivity index (χ3n) is 4.04. The lowest BCUT2D eigenvalue weighted by molar-refractivity contribution is 0.0690. The highest BCUT2D eigenvalue weighted by Gasteiger charge is 2.21. The van der Waals surface area contributed by atoms with Crippen LogP contribution in [0.25, 0.3) is 10.9 Å². The summed E-state index contributed by atoms with van der Waals surface area (Å²) in [6.45, 7) is 2.38. The number of carbonyl (C=O) groups is 1. The number of aromatic nitrogens is 2. The number of anilines is 1. The van der Waals surface area contributed by atoms with E-state index in [1.807, 2.05) is 17.0 Å². The number of para-hydroxylation sites is 1. The average molecular weight is 297 g/mol. The third-order valence-corrected chi connectivity index (χ3v) is 4.04. The van der Waals surface area contributed by atoms with Crippen molar-refractivity contribution in [3.8, 4) is 0 Å². The topological polar surface area (TPSA) is 71.5 Å². The molecule has 0 amide bonds. The summed E-state index contributed by atoms with van der Waals surface area (Å²) in [6.07, 6.45) is 2.15. The quantitative estimate of drug-likeness (QED) is 0.787. The Labute approximate surface area is 126 Å². The fraction of sp³-hybridized carbons (Fsp3) is 0.250. The Morgan fingerprint density at radius 2 is 2.14 bits per heavy atom. The lowest BCUT2D eigenvalue weighted by Gasteiger charge is -2.17. The monoisotopic (exact) mass is 297 g/mol. The first-order valence-corrected chi connectivity index (χ1v) is 7.23. The van der Waals surface area contributed by atoms with Crippen LogP contribution in [0.15, 0.2) is 41.0 Å². The Kier molecular flexibility index (Phi) is 2.89. The number of carboxylic acid groups (broad SMARTS) is 1. The summed E-state index contributed by atoms with van der Waals surface area (Å²) in [4.78, 5) is 17.0. The maximum Gasteiger partial charge on any atom is 0.357 e. The second kappa shape index (κ2) is 4.91. The Bertz CT molecular complexity index is 849. The van der Waals surface area contributed by atoms with Crippen molar-refractivity contribution >= 4 is 22.9 Å². The van der Waals surface area contributed by atoms with Crippen LogP contribution in [0.2, 0.25) is 0 Å². The fourth-order valence-electron chi connectivity index (χ4n) is 3.03. The van der Waals surface area contributed by atoms with Crippen LogP contribution in [0.5, 0.6) is 0 Å². The van der Waals surface area contributed by atoms with Crippen molar-refractivity contribution in [3.63, 3.8) is 0 Å². The van der Waals surface area contributed by atoms with E-state index in [-0.39, 0.29) is 5.69 Å². The van der Waals surface area contributed by atoms with Gasteiger partial charge in [0.1, 0.15) is 6.26 Å². The van der Waals surface area contributed by atoms with Crippen molar-refractivity contribution in [2.24, 2.45) is 0 Å². The molecule has 22 heavy (non-hydrogen) atoms. The van der Waals surface area contributed by atoms with Gasteiger partial charge in [-0.2, -0.15) is 4.98 Å². The Morgan fingerprint density at radius 1 is 1.27 bits per heavy atom. The Balaban J connectivity index is 1.70. The smallest absolute Gasteiger partial charge is 0.357 e. The number of hydrogen-bond donors (Lipinski definition) is 1. The highest BCUT2D eigenvalue weighted by atomic mass is 16.4. The molecule has 0 unspecified atom stereocenters. The van der Waals surface area contributed by atoms with E-state index in [2.05, 4.69) is 27.8 Å². The highest BCUT2D eigenvalue weighted by Crippen LogP contribution is 2.26. The number of oxazole rings is 1. The summed E-state index contributed by atoms with van der Waals surface area (Å²) in [5.74, 6) is -1.07. The summed E-state index contributed by atoms with van der Waals surface area (Å²) < 4.78 is 7.65. The van der Waals surface area contributed by atoms with Crippen LogP contribution < -0.4 is 4.90 Å². The van der Waals surface area contributed by atoms with Gasteiger partial charge in [0.2, 0.25) is 0 Å². The van der Waals surface area contributed by atoms with Crippen molar-refractivity contribution < 1.29 is 14.3 Å². The van der Waals surface area contributed by atoms with Gasteiger partial charge < -0.3 is 19.0 Å². The van der Waals surface area contributed by atoms with Crippen molar-refractivity contribution in [2.45, 2.75) is 19.5 Å². The first-order chi connectivity index (χ1) is 10.7. The molecule has 0 saturated heterocycles. The van der Waals surface area contributed by atoms with Gasteiger partial charge in [-0.25, -0.2) is 4.79 Å². The van der Waals surface area contributed by atoms with E-state index in [4.69, 9.17) is 9.52 Å². The molecule has 1 N–H and O–H groups in total. The minimum Gasteiger partial charge on any atom is -0.476 e. The predicted octanol–water partition coefficient (Wildman–Crippen LogP) is 2.74. The van der Waals surface area contributed by atoms with E-state index in [9.17, 15) is 4.79 Å². The molecule has 0 fully saturated rings. The lowest BCUT2D eigenvalue weighted by Crippen LogP contribution is -2.22. The van der Waals surface area contributed by atoms with Crippen LogP contribution in [-0.2, 0) is 13.1 Å². The lowest BCUT2D eigenvalue weighted by atomic mass is 10.2. The summed E-state index contributed by atoms with van der Waals surface area (Å²) in [5.41, 5.74) is 2.37. The molecular weight excluding hydrogens is 282 g/mol. The second-order valence-corrected chi connectivity index (χ2v) is 5.44. The second-order valence-electron chi connectivity index (χ2n) is 5.44. The minimum absolute atomic E-state index is 0.0557. The molecule has 6 nitrogen and oxygen atoms in total. The third kappa shape index (κ3) is 2.04. The maximum absolute atomic E-state index is 10.9. The SMILES string of the molecule is O=C(O)c1coc(N2CCCn3c(cc4ccccc43)C2)n1. The Morgan fingerprint density at radius 3 is 2.95 bits per heavy atom. The number of fused-ring (bicyclic) bond motifs is 3. The summed E-state index contributed by atoms with van der Waals surface area (Å²) in [7, 11) is 0. The fourth-order valence-corrected chi connectivity index (χ4v) is 3.03. The molecule has 0 saturated carbocycles. The number of hydrogen-bond acceptors (Lipinski definition) is 4. The molecule has 0 bridgehead atoms. The molecule has 3 aromatic rings. The summed E-state index contributed by atoms with van der Waals surface area (Å²) in [6, 6.07) is 10.9. The predicted molar refractivity (Wildman–Crippen MR) is 81.1 cm³/mol. The van der Waals surface area contributed by atoms with Gasteiger partial charge in [0.15, 0.2) is 5.69 Å². The van der Waals surface area contributed by atoms with Crippen LogP contribution in [-0.4, -0.2) is 27.2 Å². The molecule has 3 heterocycles. The number of rotatable bonds is 2. The normalized spacial score (nSPS) is 14.8. The molecule has 2 aromatic heterocycles. The van der Waals surface area contributed by atoms with Crippen molar-refractivity contribution in [2.75, 3.05) is 11.4 Å². The van der Waals surface area contributed by atoms with Crippen LogP contribution in [0.3, 0.4) is 0 Å². The molecule has 0 atom stereocenters. The van der Waals surface area contributed by atoms with Gasteiger partial charge in [-0.05, 0) is 23.9 Å². The molecule has 1 aliphatic heterocycles. The Hall–Kier alpha value is -2.76. The number of aryl methyl sites for hydroxylation is 1. The largest absolute Gasteiger partial charge is 0.476 e. The number of carboxylic acids is 1. The van der Waals surface area contributed by atoms with Crippen LogP contribution in [0, 0.1) is 0 Å². The molecule has 1 aromatic carbocycles. The average Bonchev–Trinajstić information content (AvgIpc) is 3.07. The molecule has 0 radical (unpaired) electrons. The van der Waals surface area contributed by atoms with Gasteiger partial charge in [-0.1, -0.05) is 18.2 Å². The number of aromatic carboxylic acids is 1. The van der Waals surface area contributed by atoms with Gasteiger partial charge >= 0.3 is 5.97 Å². The molecule has 4 rings (SSSR count). The zero-order valence-electron chi connectivity index (χ0n) is 11.9. The molecule has 6 heteroatoms. The molecule has 0 aliphatic carbocycles.